The van der Waals surface area contributed by atoms with Crippen molar-refractivity contribution in [3.63, 3.8) is 0 Å². The molecule has 1 unspecified atom stereocenters. The first-order valence-electron chi connectivity index (χ1n) is 5.60. The molecule has 0 spiro atoms. The summed E-state index contributed by atoms with van der Waals surface area (Å²) in [6.45, 7) is 2.18. The lowest BCUT2D eigenvalue weighted by Gasteiger charge is -2.31. The molecule has 1 aliphatic rings. The molecule has 1 atom stereocenters. The monoisotopic (exact) mass is 253 g/mol. The fraction of sp³-hybridized carbons (Fsp3) is 0.500. The van der Waals surface area contributed by atoms with Crippen molar-refractivity contribution in [1.29, 1.82) is 0 Å². The van der Waals surface area contributed by atoms with E-state index in [0.29, 0.717) is 19.4 Å². The first-order valence-corrected chi connectivity index (χ1v) is 6.48. The second-order valence-electron chi connectivity index (χ2n) is 4.48. The summed E-state index contributed by atoms with van der Waals surface area (Å²) in [7, 11) is 0. The van der Waals surface area contributed by atoms with Crippen LogP contribution in [0.1, 0.15) is 24.6 Å². The van der Waals surface area contributed by atoms with Crippen LogP contribution in [-0.2, 0) is 16.0 Å². The van der Waals surface area contributed by atoms with Gasteiger partial charge in [-0.05, 0) is 31.2 Å². The maximum Gasteiger partial charge on any atom is 0.329 e. The van der Waals surface area contributed by atoms with Crippen molar-refractivity contribution in [2.75, 3.05) is 6.54 Å². The molecule has 1 aromatic rings. The zero-order chi connectivity index (χ0) is 12.5. The Balaban J connectivity index is 2.11. The van der Waals surface area contributed by atoms with Gasteiger partial charge < -0.3 is 10.0 Å². The van der Waals surface area contributed by atoms with Crippen molar-refractivity contribution in [1.82, 2.24) is 4.90 Å². The lowest BCUT2D eigenvalue weighted by molar-refractivity contribution is -0.155. The average Bonchev–Trinajstić information content (AvgIpc) is 2.87. The van der Waals surface area contributed by atoms with E-state index in [1.165, 1.54) is 16.2 Å². The second kappa shape index (κ2) is 4.49. The van der Waals surface area contributed by atoms with E-state index in [1.54, 1.807) is 6.92 Å². The molecule has 4 nitrogen and oxygen atoms in total. The first-order chi connectivity index (χ1) is 8.04. The van der Waals surface area contributed by atoms with Crippen LogP contribution in [0.4, 0.5) is 0 Å². The predicted octanol–water partition coefficient (Wildman–Crippen LogP) is 1.76. The number of amides is 1. The summed E-state index contributed by atoms with van der Waals surface area (Å²) >= 11 is 1.52. The molecule has 0 saturated carbocycles. The molecule has 1 aromatic heterocycles. The molecule has 2 heterocycles. The molecular weight excluding hydrogens is 238 g/mol. The number of carbonyl (C=O) groups is 2. The van der Waals surface area contributed by atoms with Crippen LogP contribution in [0.5, 0.6) is 0 Å². The quantitative estimate of drug-likeness (QED) is 0.893. The normalized spacial score (nSPS) is 23.9. The maximum atomic E-state index is 12.1. The Labute approximate surface area is 104 Å². The summed E-state index contributed by atoms with van der Waals surface area (Å²) < 4.78 is 0. The topological polar surface area (TPSA) is 57.6 Å². The van der Waals surface area contributed by atoms with Gasteiger partial charge in [0.2, 0.25) is 5.91 Å². The van der Waals surface area contributed by atoms with Crippen LogP contribution in [0.3, 0.4) is 0 Å². The highest BCUT2D eigenvalue weighted by Gasteiger charge is 2.45. The molecule has 2 rings (SSSR count). The van der Waals surface area contributed by atoms with E-state index < -0.39 is 11.5 Å². The Bertz CT molecular complexity index is 429. The molecule has 1 saturated heterocycles. The number of rotatable bonds is 3. The molecule has 0 aliphatic carbocycles. The van der Waals surface area contributed by atoms with Crippen molar-refractivity contribution >= 4 is 23.2 Å². The fourth-order valence-corrected chi connectivity index (χ4v) is 2.94. The third-order valence-electron chi connectivity index (χ3n) is 3.31. The lowest BCUT2D eigenvalue weighted by atomic mass is 9.99. The van der Waals surface area contributed by atoms with Crippen LogP contribution in [0.25, 0.3) is 0 Å². The van der Waals surface area contributed by atoms with Gasteiger partial charge >= 0.3 is 5.97 Å². The highest BCUT2D eigenvalue weighted by atomic mass is 32.1. The Morgan fingerprint density at radius 2 is 2.35 bits per heavy atom. The van der Waals surface area contributed by atoms with E-state index in [1.807, 2.05) is 17.5 Å². The number of nitrogens with zero attached hydrogens (tertiary/aromatic N) is 1. The smallest absolute Gasteiger partial charge is 0.329 e. The second-order valence-corrected chi connectivity index (χ2v) is 5.52. The van der Waals surface area contributed by atoms with Gasteiger partial charge in [0, 0.05) is 11.4 Å². The van der Waals surface area contributed by atoms with Gasteiger partial charge in [-0.1, -0.05) is 6.07 Å². The number of thiophene rings is 1. The summed E-state index contributed by atoms with van der Waals surface area (Å²) in [6, 6.07) is 3.80. The highest BCUT2D eigenvalue weighted by molar-refractivity contribution is 7.10. The summed E-state index contributed by atoms with van der Waals surface area (Å²) in [5.74, 6) is -0.996. The van der Waals surface area contributed by atoms with Gasteiger partial charge in [-0.25, -0.2) is 4.79 Å². The summed E-state index contributed by atoms with van der Waals surface area (Å²) in [6.07, 6.45) is 1.61. The van der Waals surface area contributed by atoms with Gasteiger partial charge in [0.05, 0.1) is 6.42 Å². The molecule has 5 heteroatoms. The fourth-order valence-electron chi connectivity index (χ4n) is 2.24. The van der Waals surface area contributed by atoms with Crippen molar-refractivity contribution in [2.45, 2.75) is 31.7 Å². The Morgan fingerprint density at radius 1 is 1.59 bits per heavy atom. The number of carboxylic acid groups (broad SMARTS) is 1. The molecule has 1 N–H and O–H groups in total. The summed E-state index contributed by atoms with van der Waals surface area (Å²) in [4.78, 5) is 25.8. The molecule has 0 bridgehead atoms. The molecular formula is C12H15NO3S. The molecule has 17 heavy (non-hydrogen) atoms. The molecule has 0 aromatic carbocycles. The van der Waals surface area contributed by atoms with E-state index in [0.717, 1.165) is 11.3 Å². The molecule has 92 valence electrons. The number of carboxylic acids is 1. The first kappa shape index (κ1) is 12.1. The van der Waals surface area contributed by atoms with Crippen LogP contribution in [-0.4, -0.2) is 34.0 Å². The van der Waals surface area contributed by atoms with Crippen molar-refractivity contribution in [3.8, 4) is 0 Å². The van der Waals surface area contributed by atoms with Crippen molar-refractivity contribution < 1.29 is 14.7 Å². The number of carbonyl (C=O) groups excluding carboxylic acids is 1. The van der Waals surface area contributed by atoms with Crippen LogP contribution < -0.4 is 0 Å². The standard InChI is InChI=1S/C12H15NO3S/c1-12(11(15)16)5-3-6-13(12)10(14)8-9-4-2-7-17-9/h2,4,7H,3,5-6,8H2,1H3,(H,15,16). The third kappa shape index (κ3) is 2.20. The van der Waals surface area contributed by atoms with Crippen LogP contribution in [0, 0.1) is 0 Å². The van der Waals surface area contributed by atoms with Gasteiger partial charge in [-0.3, -0.25) is 4.79 Å². The van der Waals surface area contributed by atoms with Gasteiger partial charge in [0.15, 0.2) is 0 Å². The third-order valence-corrected chi connectivity index (χ3v) is 4.18. The van der Waals surface area contributed by atoms with Gasteiger partial charge in [0.25, 0.3) is 0 Å². The number of likely N-dealkylation sites (tertiary alicyclic amines) is 1. The zero-order valence-electron chi connectivity index (χ0n) is 9.68. The van der Waals surface area contributed by atoms with Crippen LogP contribution >= 0.6 is 11.3 Å². The largest absolute Gasteiger partial charge is 0.480 e. The average molecular weight is 253 g/mol. The minimum absolute atomic E-state index is 0.0881. The summed E-state index contributed by atoms with van der Waals surface area (Å²) in [5, 5.41) is 11.1. The van der Waals surface area contributed by atoms with Gasteiger partial charge in [-0.2, -0.15) is 0 Å². The minimum atomic E-state index is -1.02. The minimum Gasteiger partial charge on any atom is -0.480 e. The zero-order valence-corrected chi connectivity index (χ0v) is 10.5. The van der Waals surface area contributed by atoms with E-state index in [9.17, 15) is 14.7 Å². The maximum absolute atomic E-state index is 12.1. The molecule has 1 amide bonds. The Hall–Kier alpha value is -1.36. The van der Waals surface area contributed by atoms with Crippen molar-refractivity contribution in [3.05, 3.63) is 22.4 Å². The highest BCUT2D eigenvalue weighted by Crippen LogP contribution is 2.30. The predicted molar refractivity (Wildman–Crippen MR) is 65.0 cm³/mol. The van der Waals surface area contributed by atoms with Crippen LogP contribution in [0.15, 0.2) is 17.5 Å². The number of aliphatic carboxylic acids is 1. The van der Waals surface area contributed by atoms with E-state index in [-0.39, 0.29) is 5.91 Å². The van der Waals surface area contributed by atoms with E-state index in [4.69, 9.17) is 0 Å². The Morgan fingerprint density at radius 3 is 2.94 bits per heavy atom. The number of hydrogen-bond acceptors (Lipinski definition) is 3. The van der Waals surface area contributed by atoms with Gasteiger partial charge in [-0.15, -0.1) is 11.3 Å². The molecule has 1 fully saturated rings. The Kier molecular flexibility index (Phi) is 3.19. The van der Waals surface area contributed by atoms with Gasteiger partial charge in [0.1, 0.15) is 5.54 Å². The SMILES string of the molecule is CC1(C(=O)O)CCCN1C(=O)Cc1cccs1. The summed E-state index contributed by atoms with van der Waals surface area (Å²) in [5.41, 5.74) is -1.02. The van der Waals surface area contributed by atoms with Crippen LogP contribution in [0.2, 0.25) is 0 Å². The molecule has 0 radical (unpaired) electrons. The van der Waals surface area contributed by atoms with E-state index >= 15 is 0 Å². The van der Waals surface area contributed by atoms with Crippen molar-refractivity contribution in [2.24, 2.45) is 0 Å². The van der Waals surface area contributed by atoms with E-state index in [2.05, 4.69) is 0 Å². The lowest BCUT2D eigenvalue weighted by Crippen LogP contribution is -2.51. The molecule has 1 aliphatic heterocycles. The number of hydrogen-bond donors (Lipinski definition) is 1.